The predicted octanol–water partition coefficient (Wildman–Crippen LogP) is 5.23. The number of benzene rings is 1. The topological polar surface area (TPSA) is 86.2 Å². The van der Waals surface area contributed by atoms with Gasteiger partial charge in [-0.2, -0.15) is 0 Å². The summed E-state index contributed by atoms with van der Waals surface area (Å²) in [6.07, 6.45) is 10.9. The Hall–Kier alpha value is -5.24. The van der Waals surface area contributed by atoms with Crippen molar-refractivity contribution in [3.63, 3.8) is 0 Å². The zero-order chi connectivity index (χ0) is 23.9. The van der Waals surface area contributed by atoms with E-state index in [1.807, 2.05) is 51.5 Å². The summed E-state index contributed by atoms with van der Waals surface area (Å²) in [4.78, 5) is 27.6. The normalized spacial score (nSPS) is 11.3. The molecule has 0 radical (unpaired) electrons. The van der Waals surface area contributed by atoms with Crippen molar-refractivity contribution in [3.05, 3.63) is 110 Å². The van der Waals surface area contributed by atoms with Crippen molar-refractivity contribution in [2.24, 2.45) is 0 Å². The second kappa shape index (κ2) is 8.21. The third-order valence-electron chi connectivity index (χ3n) is 6.04. The van der Waals surface area contributed by atoms with E-state index in [0.29, 0.717) is 23.3 Å². The highest BCUT2D eigenvalue weighted by atomic mass is 15.1. The molecule has 0 aliphatic rings. The lowest BCUT2D eigenvalue weighted by molar-refractivity contribution is 1.07. The quantitative estimate of drug-likeness (QED) is 0.353. The predicted molar refractivity (Wildman–Crippen MR) is 137 cm³/mol. The van der Waals surface area contributed by atoms with Gasteiger partial charge in [-0.3, -0.25) is 8.80 Å². The van der Waals surface area contributed by atoms with Gasteiger partial charge in [0.2, 0.25) is 0 Å². The van der Waals surface area contributed by atoms with E-state index < -0.39 is 0 Å². The van der Waals surface area contributed by atoms with Gasteiger partial charge in [-0.15, -0.1) is 0 Å². The fourth-order valence-corrected chi connectivity index (χ4v) is 4.46. The lowest BCUT2D eigenvalue weighted by Gasteiger charge is -2.03. The Balaban J connectivity index is 1.41. The smallest absolute Gasteiger partial charge is 0.196 e. The molecule has 8 heteroatoms. The molecule has 7 aromatic rings. The van der Waals surface area contributed by atoms with Crippen LogP contribution in [0.4, 0.5) is 0 Å². The Labute approximate surface area is 205 Å². The van der Waals surface area contributed by atoms with Gasteiger partial charge in [0, 0.05) is 48.3 Å². The zero-order valence-electron chi connectivity index (χ0n) is 19.0. The van der Waals surface area contributed by atoms with Crippen molar-refractivity contribution < 1.29 is 0 Å². The van der Waals surface area contributed by atoms with Crippen LogP contribution in [0.2, 0.25) is 0 Å². The average molecular weight is 467 g/mol. The summed E-state index contributed by atoms with van der Waals surface area (Å²) in [6, 6.07) is 24.0. The number of pyridine rings is 2. The van der Waals surface area contributed by atoms with Gasteiger partial charge in [-0.1, -0.05) is 30.3 Å². The maximum atomic E-state index is 4.97. The number of hydrogen-bond donors (Lipinski definition) is 0. The van der Waals surface area contributed by atoms with Gasteiger partial charge in [0.25, 0.3) is 0 Å². The lowest BCUT2D eigenvalue weighted by Crippen LogP contribution is -1.93. The van der Waals surface area contributed by atoms with E-state index in [1.54, 1.807) is 36.9 Å². The summed E-state index contributed by atoms with van der Waals surface area (Å²) in [5, 5.41) is 0. The molecular formula is C28H18N8. The molecule has 0 spiro atoms. The summed E-state index contributed by atoms with van der Waals surface area (Å²) < 4.78 is 4.04. The number of fused-ring (bicyclic) bond motifs is 2. The van der Waals surface area contributed by atoms with Crippen LogP contribution in [0.25, 0.3) is 56.8 Å². The minimum absolute atomic E-state index is 0.578. The lowest BCUT2D eigenvalue weighted by atomic mass is 10.0. The molecular weight excluding hydrogens is 448 g/mol. The minimum Gasteiger partial charge on any atom is -0.296 e. The van der Waals surface area contributed by atoms with Crippen molar-refractivity contribution >= 4 is 11.0 Å². The molecule has 36 heavy (non-hydrogen) atoms. The van der Waals surface area contributed by atoms with Crippen LogP contribution in [0.1, 0.15) is 0 Å². The maximum Gasteiger partial charge on any atom is 0.196 e. The molecule has 0 unspecified atom stereocenters. The van der Waals surface area contributed by atoms with Crippen LogP contribution in [-0.2, 0) is 0 Å². The summed E-state index contributed by atoms with van der Waals surface area (Å²) in [5.74, 6) is 2.55. The molecule has 0 aliphatic carbocycles. The molecule has 170 valence electrons. The molecule has 6 aromatic heterocycles. The second-order valence-electron chi connectivity index (χ2n) is 8.21. The van der Waals surface area contributed by atoms with E-state index in [2.05, 4.69) is 50.3 Å². The van der Waals surface area contributed by atoms with Crippen molar-refractivity contribution in [2.75, 3.05) is 0 Å². The van der Waals surface area contributed by atoms with Gasteiger partial charge in [0.1, 0.15) is 0 Å². The molecule has 0 saturated heterocycles. The number of imidazole rings is 2. The Morgan fingerprint density at radius 1 is 0.472 bits per heavy atom. The van der Waals surface area contributed by atoms with Crippen LogP contribution in [0.3, 0.4) is 0 Å². The summed E-state index contributed by atoms with van der Waals surface area (Å²) >= 11 is 0. The fourth-order valence-electron chi connectivity index (χ4n) is 4.46. The zero-order valence-corrected chi connectivity index (χ0v) is 19.0. The SMILES string of the molecule is c1cnc(-c2nc(-c3cccc(-c4nc(-c5ncccn5)n5ccccc45)c3)c3ccccn23)nc1. The highest BCUT2D eigenvalue weighted by molar-refractivity contribution is 5.86. The number of aromatic nitrogens is 8. The van der Waals surface area contributed by atoms with Gasteiger partial charge in [0.05, 0.1) is 22.4 Å². The first-order valence-electron chi connectivity index (χ1n) is 11.5. The van der Waals surface area contributed by atoms with E-state index in [0.717, 1.165) is 33.5 Å². The first-order valence-corrected chi connectivity index (χ1v) is 11.5. The number of rotatable bonds is 4. The Bertz CT molecular complexity index is 1710. The van der Waals surface area contributed by atoms with E-state index >= 15 is 0 Å². The maximum absolute atomic E-state index is 4.97. The van der Waals surface area contributed by atoms with Crippen molar-refractivity contribution in [2.45, 2.75) is 0 Å². The number of hydrogen-bond acceptors (Lipinski definition) is 6. The monoisotopic (exact) mass is 466 g/mol. The van der Waals surface area contributed by atoms with E-state index in [9.17, 15) is 0 Å². The Kier molecular flexibility index (Phi) is 4.60. The van der Waals surface area contributed by atoms with Crippen molar-refractivity contribution in [1.29, 1.82) is 0 Å². The third kappa shape index (κ3) is 3.24. The van der Waals surface area contributed by atoms with E-state index in [1.165, 1.54) is 0 Å². The number of nitrogens with zero attached hydrogens (tertiary/aromatic N) is 8. The van der Waals surface area contributed by atoms with Gasteiger partial charge < -0.3 is 0 Å². The van der Waals surface area contributed by atoms with Crippen molar-refractivity contribution in [3.8, 4) is 45.8 Å². The van der Waals surface area contributed by atoms with E-state index in [-0.39, 0.29) is 0 Å². The van der Waals surface area contributed by atoms with Crippen LogP contribution >= 0.6 is 0 Å². The Morgan fingerprint density at radius 3 is 1.42 bits per heavy atom. The minimum atomic E-state index is 0.578. The van der Waals surface area contributed by atoms with Crippen LogP contribution in [0, 0.1) is 0 Å². The van der Waals surface area contributed by atoms with Gasteiger partial charge in [-0.05, 0) is 42.5 Å². The van der Waals surface area contributed by atoms with Crippen LogP contribution in [-0.4, -0.2) is 38.7 Å². The van der Waals surface area contributed by atoms with Crippen LogP contribution in [0.5, 0.6) is 0 Å². The summed E-state index contributed by atoms with van der Waals surface area (Å²) in [7, 11) is 0. The largest absolute Gasteiger partial charge is 0.296 e. The molecule has 0 N–H and O–H groups in total. The molecule has 0 amide bonds. The van der Waals surface area contributed by atoms with E-state index in [4.69, 9.17) is 9.97 Å². The first-order chi connectivity index (χ1) is 17.9. The molecule has 0 atom stereocenters. The average Bonchev–Trinajstić information content (AvgIpc) is 3.54. The molecule has 0 fully saturated rings. The second-order valence-corrected chi connectivity index (χ2v) is 8.21. The molecule has 0 bridgehead atoms. The van der Waals surface area contributed by atoms with Gasteiger partial charge in [-0.25, -0.2) is 29.9 Å². The standard InChI is InChI=1S/C28H18N8/c1-3-16-35-21(10-1)23(33-27(35)25-29-12-6-13-30-25)19-8-5-9-20(18-19)24-22-11-2-4-17-36(22)28(34-24)26-31-14-7-15-32-26/h1-18H. The molecule has 6 heterocycles. The van der Waals surface area contributed by atoms with Gasteiger partial charge >= 0.3 is 0 Å². The highest BCUT2D eigenvalue weighted by Gasteiger charge is 2.19. The fraction of sp³-hybridized carbons (Fsp3) is 0. The molecule has 1 aromatic carbocycles. The van der Waals surface area contributed by atoms with Crippen LogP contribution in [0.15, 0.2) is 110 Å². The first kappa shape index (κ1) is 20.2. The highest BCUT2D eigenvalue weighted by Crippen LogP contribution is 2.33. The molecule has 8 nitrogen and oxygen atoms in total. The molecule has 0 saturated carbocycles. The summed E-state index contributed by atoms with van der Waals surface area (Å²) in [6.45, 7) is 0. The third-order valence-corrected chi connectivity index (χ3v) is 6.04. The molecule has 7 rings (SSSR count). The summed E-state index contributed by atoms with van der Waals surface area (Å²) in [5.41, 5.74) is 5.63. The Morgan fingerprint density at radius 2 is 0.944 bits per heavy atom. The molecule has 0 aliphatic heterocycles. The van der Waals surface area contributed by atoms with Crippen molar-refractivity contribution in [1.82, 2.24) is 38.7 Å². The van der Waals surface area contributed by atoms with Gasteiger partial charge in [0.15, 0.2) is 23.3 Å². The van der Waals surface area contributed by atoms with Crippen LogP contribution < -0.4 is 0 Å².